The second-order valence-electron chi connectivity index (χ2n) is 3.10. The molecular weight excluding hydrogens is 184 g/mol. The number of rotatable bonds is 2. The van der Waals surface area contributed by atoms with Crippen LogP contribution < -0.4 is 5.32 Å². The zero-order valence-corrected chi connectivity index (χ0v) is 7.27. The summed E-state index contributed by atoms with van der Waals surface area (Å²) in [5.74, 6) is 0. The van der Waals surface area contributed by atoms with Gasteiger partial charge in [0.15, 0.2) is 0 Å². The van der Waals surface area contributed by atoms with E-state index in [1.54, 1.807) is 12.1 Å². The fourth-order valence-corrected chi connectivity index (χ4v) is 1.71. The molecule has 0 bridgehead atoms. The van der Waals surface area contributed by atoms with Gasteiger partial charge in [-0.3, -0.25) is 15.4 Å². The van der Waals surface area contributed by atoms with E-state index < -0.39 is 11.0 Å². The summed E-state index contributed by atoms with van der Waals surface area (Å²) in [5, 5.41) is 13.6. The van der Waals surface area contributed by atoms with Crippen molar-refractivity contribution in [3.05, 3.63) is 39.4 Å². The smallest absolute Gasteiger partial charge is 0.274 e. The third-order valence-electron chi connectivity index (χ3n) is 2.33. The maximum absolute atomic E-state index is 10.7. The molecule has 5 nitrogen and oxygen atoms in total. The molecule has 1 atom stereocenters. The van der Waals surface area contributed by atoms with Crippen molar-refractivity contribution in [1.82, 2.24) is 5.32 Å². The van der Waals surface area contributed by atoms with Gasteiger partial charge in [0, 0.05) is 12.6 Å². The van der Waals surface area contributed by atoms with Crippen molar-refractivity contribution in [3.8, 4) is 0 Å². The first-order valence-electron chi connectivity index (χ1n) is 4.19. The minimum atomic E-state index is -0.536. The average molecular weight is 192 g/mol. The van der Waals surface area contributed by atoms with Crippen LogP contribution in [-0.2, 0) is 11.3 Å². The third kappa shape index (κ3) is 1.18. The second kappa shape index (κ2) is 3.19. The summed E-state index contributed by atoms with van der Waals surface area (Å²) in [6.07, 6.45) is 0.693. The van der Waals surface area contributed by atoms with Crippen LogP contribution in [-0.4, -0.2) is 11.2 Å². The Morgan fingerprint density at radius 2 is 2.36 bits per heavy atom. The molecule has 0 radical (unpaired) electrons. The topological polar surface area (TPSA) is 72.2 Å². The number of nitro benzene ring substituents is 1. The van der Waals surface area contributed by atoms with Crippen molar-refractivity contribution in [2.45, 2.75) is 12.6 Å². The van der Waals surface area contributed by atoms with Gasteiger partial charge >= 0.3 is 0 Å². The molecule has 0 fully saturated rings. The molecular formula is C9H8N2O3. The lowest BCUT2D eigenvalue weighted by atomic mass is 10.0. The Morgan fingerprint density at radius 1 is 1.57 bits per heavy atom. The molecule has 0 aliphatic carbocycles. The fourth-order valence-electron chi connectivity index (χ4n) is 1.71. The van der Waals surface area contributed by atoms with Gasteiger partial charge in [-0.25, -0.2) is 0 Å². The van der Waals surface area contributed by atoms with Crippen LogP contribution in [0.15, 0.2) is 18.2 Å². The minimum Gasteiger partial charge on any atom is -0.301 e. The highest BCUT2D eigenvalue weighted by molar-refractivity contribution is 5.68. The van der Waals surface area contributed by atoms with Gasteiger partial charge in [-0.05, 0) is 5.56 Å². The molecule has 0 amide bonds. The maximum Gasteiger partial charge on any atom is 0.274 e. The fraction of sp³-hybridized carbons (Fsp3) is 0.222. The average Bonchev–Trinajstić information content (AvgIpc) is 2.59. The molecule has 1 unspecified atom stereocenters. The Kier molecular flexibility index (Phi) is 2.01. The summed E-state index contributed by atoms with van der Waals surface area (Å²) < 4.78 is 0. The number of carbonyl (C=O) groups excluding carboxylic acids is 1. The lowest BCUT2D eigenvalue weighted by Crippen LogP contribution is -2.13. The molecule has 14 heavy (non-hydrogen) atoms. The van der Waals surface area contributed by atoms with E-state index in [2.05, 4.69) is 5.32 Å². The molecule has 0 saturated heterocycles. The molecule has 72 valence electrons. The molecule has 1 heterocycles. The number of hydrogen-bond acceptors (Lipinski definition) is 4. The van der Waals surface area contributed by atoms with Crippen molar-refractivity contribution >= 4 is 12.0 Å². The second-order valence-corrected chi connectivity index (χ2v) is 3.10. The molecule has 2 rings (SSSR count). The number of nitrogens with one attached hydrogen (secondary N) is 1. The lowest BCUT2D eigenvalue weighted by Gasteiger charge is -2.03. The summed E-state index contributed by atoms with van der Waals surface area (Å²) in [7, 11) is 0. The molecule has 0 saturated carbocycles. The summed E-state index contributed by atoms with van der Waals surface area (Å²) in [6, 6.07) is 4.30. The highest BCUT2D eigenvalue weighted by Crippen LogP contribution is 2.31. The van der Waals surface area contributed by atoms with E-state index in [4.69, 9.17) is 0 Å². The van der Waals surface area contributed by atoms with Crippen molar-refractivity contribution in [1.29, 1.82) is 0 Å². The van der Waals surface area contributed by atoms with Crippen LogP contribution in [0.25, 0.3) is 0 Å². The van der Waals surface area contributed by atoms with Gasteiger partial charge in [0.1, 0.15) is 6.29 Å². The van der Waals surface area contributed by atoms with Gasteiger partial charge in [-0.15, -0.1) is 0 Å². The predicted molar refractivity (Wildman–Crippen MR) is 48.7 cm³/mol. The first-order chi connectivity index (χ1) is 6.74. The molecule has 1 aromatic carbocycles. The zero-order valence-electron chi connectivity index (χ0n) is 7.27. The standard InChI is InChI=1S/C9H8N2O3/c12-5-7-9-6(4-10-7)2-1-3-8(9)11(13)14/h1-3,5,7,10H,4H2. The molecule has 1 aliphatic heterocycles. The predicted octanol–water partition coefficient (Wildman–Crippen LogP) is 0.938. The Bertz CT molecular complexity index is 403. The van der Waals surface area contributed by atoms with Gasteiger partial charge in [0.2, 0.25) is 0 Å². The monoisotopic (exact) mass is 192 g/mol. The van der Waals surface area contributed by atoms with Crippen LogP contribution in [0.1, 0.15) is 17.2 Å². The van der Waals surface area contributed by atoms with Crippen molar-refractivity contribution in [2.75, 3.05) is 0 Å². The molecule has 1 aromatic rings. The van der Waals surface area contributed by atoms with E-state index in [9.17, 15) is 14.9 Å². The van der Waals surface area contributed by atoms with Gasteiger partial charge in [-0.2, -0.15) is 0 Å². The molecule has 1 aliphatic rings. The maximum atomic E-state index is 10.7. The summed E-state index contributed by atoms with van der Waals surface area (Å²) >= 11 is 0. The highest BCUT2D eigenvalue weighted by atomic mass is 16.6. The number of benzene rings is 1. The molecule has 5 heteroatoms. The Hall–Kier alpha value is -1.75. The Balaban J connectivity index is 2.59. The number of fused-ring (bicyclic) bond motifs is 1. The van der Waals surface area contributed by atoms with Crippen LogP contribution in [0.4, 0.5) is 5.69 Å². The third-order valence-corrected chi connectivity index (χ3v) is 2.33. The van der Waals surface area contributed by atoms with Crippen molar-refractivity contribution in [3.63, 3.8) is 0 Å². The van der Waals surface area contributed by atoms with Gasteiger partial charge in [-0.1, -0.05) is 12.1 Å². The lowest BCUT2D eigenvalue weighted by molar-refractivity contribution is -0.385. The number of carbonyl (C=O) groups is 1. The quantitative estimate of drug-likeness (QED) is 0.430. The summed E-state index contributed by atoms with van der Waals surface area (Å²) in [4.78, 5) is 20.9. The SMILES string of the molecule is O=CC1NCc2cccc([N+](=O)[O-])c21. The molecule has 0 spiro atoms. The van der Waals surface area contributed by atoms with E-state index in [1.165, 1.54) is 6.07 Å². The first kappa shape index (κ1) is 8.83. The van der Waals surface area contributed by atoms with Crippen LogP contribution in [0.3, 0.4) is 0 Å². The Labute approximate surface area is 79.9 Å². The molecule has 0 aromatic heterocycles. The van der Waals surface area contributed by atoms with Crippen LogP contribution in [0.2, 0.25) is 0 Å². The van der Waals surface area contributed by atoms with Crippen LogP contribution >= 0.6 is 0 Å². The summed E-state index contributed by atoms with van der Waals surface area (Å²) in [5.41, 5.74) is 1.36. The number of hydrogen-bond donors (Lipinski definition) is 1. The van der Waals surface area contributed by atoms with Crippen molar-refractivity contribution in [2.24, 2.45) is 0 Å². The van der Waals surface area contributed by atoms with E-state index in [1.807, 2.05) is 0 Å². The van der Waals surface area contributed by atoms with E-state index in [0.29, 0.717) is 18.4 Å². The minimum absolute atomic E-state index is 0.0181. The molecule has 1 N–H and O–H groups in total. The number of aldehydes is 1. The van der Waals surface area contributed by atoms with E-state index in [-0.39, 0.29) is 5.69 Å². The van der Waals surface area contributed by atoms with E-state index in [0.717, 1.165) is 5.56 Å². The van der Waals surface area contributed by atoms with E-state index >= 15 is 0 Å². The normalized spacial score (nSPS) is 19.0. The first-order valence-corrected chi connectivity index (χ1v) is 4.19. The summed E-state index contributed by atoms with van der Waals surface area (Å²) in [6.45, 7) is 0.514. The zero-order chi connectivity index (χ0) is 10.1. The highest BCUT2D eigenvalue weighted by Gasteiger charge is 2.29. The van der Waals surface area contributed by atoms with Crippen molar-refractivity contribution < 1.29 is 9.72 Å². The van der Waals surface area contributed by atoms with Crippen LogP contribution in [0.5, 0.6) is 0 Å². The number of nitrogens with zero attached hydrogens (tertiary/aromatic N) is 1. The number of nitro groups is 1. The van der Waals surface area contributed by atoms with Gasteiger partial charge in [0.05, 0.1) is 16.5 Å². The van der Waals surface area contributed by atoms with Crippen LogP contribution in [0, 0.1) is 10.1 Å². The van der Waals surface area contributed by atoms with Gasteiger partial charge in [0.25, 0.3) is 5.69 Å². The Morgan fingerprint density at radius 3 is 3.00 bits per heavy atom. The van der Waals surface area contributed by atoms with Gasteiger partial charge < -0.3 is 4.79 Å². The largest absolute Gasteiger partial charge is 0.301 e.